The lowest BCUT2D eigenvalue weighted by atomic mass is 9.80. The fourth-order valence-electron chi connectivity index (χ4n) is 2.59. The van der Waals surface area contributed by atoms with Gasteiger partial charge in [-0.1, -0.05) is 0 Å². The third-order valence-corrected chi connectivity index (χ3v) is 5.32. The highest BCUT2D eigenvalue weighted by atomic mass is 32.2. The largest absolute Gasteiger partial charge is 0.490 e. The molecule has 2 rings (SSSR count). The first-order valence-electron chi connectivity index (χ1n) is 6.78. The Hall–Kier alpha value is -1.12. The van der Waals surface area contributed by atoms with Gasteiger partial charge in [0, 0.05) is 18.7 Å². The summed E-state index contributed by atoms with van der Waals surface area (Å²) in [6.45, 7) is 0. The monoisotopic (exact) mass is 316 g/mol. The van der Waals surface area contributed by atoms with Crippen LogP contribution in [-0.4, -0.2) is 43.2 Å². The average molecular weight is 316 g/mol. The molecule has 2 unspecified atom stereocenters. The van der Waals surface area contributed by atoms with Crippen LogP contribution in [-0.2, 0) is 9.84 Å². The highest BCUT2D eigenvalue weighted by molar-refractivity contribution is 7.91. The molecule has 1 aliphatic carbocycles. The summed E-state index contributed by atoms with van der Waals surface area (Å²) in [6.07, 6.45) is 3.30. The van der Waals surface area contributed by atoms with E-state index in [0.29, 0.717) is 19.3 Å². The van der Waals surface area contributed by atoms with E-state index in [-0.39, 0.29) is 17.3 Å². The molecule has 0 aromatic heterocycles. The zero-order chi connectivity index (χ0) is 15.6. The Labute approximate surface area is 123 Å². The highest BCUT2D eigenvalue weighted by Gasteiger charge is 2.30. The van der Waals surface area contributed by atoms with E-state index >= 15 is 0 Å². The maximum absolute atomic E-state index is 13.4. The van der Waals surface area contributed by atoms with Crippen molar-refractivity contribution in [2.24, 2.45) is 0 Å². The summed E-state index contributed by atoms with van der Waals surface area (Å²) in [5.74, 6) is -0.455. The molecular weight excluding hydrogens is 298 g/mol. The van der Waals surface area contributed by atoms with Crippen molar-refractivity contribution in [1.29, 1.82) is 0 Å². The fraction of sp³-hybridized carbons (Fsp3) is 0.538. The first-order chi connectivity index (χ1) is 9.75. The molecular formula is C13H18BFO5S. The van der Waals surface area contributed by atoms with E-state index in [9.17, 15) is 12.8 Å². The zero-order valence-electron chi connectivity index (χ0n) is 11.7. The zero-order valence-corrected chi connectivity index (χ0v) is 12.5. The Balaban J connectivity index is 2.11. The summed E-state index contributed by atoms with van der Waals surface area (Å²) in [6, 6.07) is 3.51. The molecule has 1 aromatic rings. The predicted octanol–water partition coefficient (Wildman–Crippen LogP) is 0.240. The lowest BCUT2D eigenvalue weighted by Crippen LogP contribution is -2.34. The minimum Gasteiger partial charge on any atom is -0.490 e. The van der Waals surface area contributed by atoms with Gasteiger partial charge in [0.1, 0.15) is 21.4 Å². The normalized spacial score (nSPS) is 22.9. The Bertz CT molecular complexity index is 605. The highest BCUT2D eigenvalue weighted by Crippen LogP contribution is 2.27. The van der Waals surface area contributed by atoms with Gasteiger partial charge in [0.2, 0.25) is 0 Å². The number of sulfone groups is 1. The minimum atomic E-state index is -3.11. The lowest BCUT2D eigenvalue weighted by Gasteiger charge is -2.28. The van der Waals surface area contributed by atoms with E-state index in [4.69, 9.17) is 14.8 Å². The third kappa shape index (κ3) is 4.42. The molecule has 2 N–H and O–H groups in total. The van der Waals surface area contributed by atoms with Crippen LogP contribution in [0.1, 0.15) is 25.7 Å². The number of rotatable bonds is 4. The molecule has 0 bridgehead atoms. The van der Waals surface area contributed by atoms with Crippen molar-refractivity contribution in [3.63, 3.8) is 0 Å². The van der Waals surface area contributed by atoms with Crippen LogP contribution in [0.2, 0.25) is 0 Å². The van der Waals surface area contributed by atoms with E-state index in [1.54, 1.807) is 0 Å². The summed E-state index contributed by atoms with van der Waals surface area (Å²) in [5, 5.41) is 17.7. The van der Waals surface area contributed by atoms with Crippen LogP contribution in [0.15, 0.2) is 18.2 Å². The molecule has 1 saturated carbocycles. The molecule has 0 aliphatic heterocycles. The van der Waals surface area contributed by atoms with Crippen molar-refractivity contribution in [3.05, 3.63) is 24.0 Å². The first kappa shape index (κ1) is 16.3. The first-order valence-corrected chi connectivity index (χ1v) is 8.73. The summed E-state index contributed by atoms with van der Waals surface area (Å²) in [7, 11) is -4.89. The summed E-state index contributed by atoms with van der Waals surface area (Å²) in [4.78, 5) is 0. The number of hydrogen-bond donors (Lipinski definition) is 2. The van der Waals surface area contributed by atoms with Gasteiger partial charge in [0.15, 0.2) is 0 Å². The number of benzene rings is 1. The predicted molar refractivity (Wildman–Crippen MR) is 77.7 cm³/mol. The number of halogens is 1. The quantitative estimate of drug-likeness (QED) is 0.778. The minimum absolute atomic E-state index is 0.000437. The van der Waals surface area contributed by atoms with Gasteiger partial charge in [0.25, 0.3) is 0 Å². The van der Waals surface area contributed by atoms with Crippen LogP contribution in [0, 0.1) is 5.82 Å². The van der Waals surface area contributed by atoms with Gasteiger partial charge in [-0.2, -0.15) is 0 Å². The Morgan fingerprint density at radius 1 is 1.29 bits per heavy atom. The molecule has 2 atom stereocenters. The van der Waals surface area contributed by atoms with Crippen molar-refractivity contribution in [2.75, 3.05) is 6.26 Å². The molecule has 5 nitrogen and oxygen atoms in total. The second kappa shape index (κ2) is 6.33. The summed E-state index contributed by atoms with van der Waals surface area (Å²) < 4.78 is 42.2. The van der Waals surface area contributed by atoms with Crippen LogP contribution in [0.5, 0.6) is 5.75 Å². The fourth-order valence-corrected chi connectivity index (χ4v) is 3.75. The van der Waals surface area contributed by atoms with E-state index in [2.05, 4.69) is 0 Å². The number of ether oxygens (including phenoxy) is 1. The molecule has 0 heterocycles. The van der Waals surface area contributed by atoms with Gasteiger partial charge in [-0.25, -0.2) is 12.8 Å². The molecule has 0 saturated heterocycles. The Morgan fingerprint density at radius 2 is 2.00 bits per heavy atom. The van der Waals surface area contributed by atoms with E-state index in [0.717, 1.165) is 18.6 Å². The lowest BCUT2D eigenvalue weighted by molar-refractivity contribution is 0.156. The molecule has 116 valence electrons. The van der Waals surface area contributed by atoms with Crippen molar-refractivity contribution in [3.8, 4) is 5.75 Å². The van der Waals surface area contributed by atoms with E-state index in [1.165, 1.54) is 12.3 Å². The van der Waals surface area contributed by atoms with Gasteiger partial charge in [-0.15, -0.1) is 0 Å². The molecule has 8 heteroatoms. The standard InChI is InChI=1S/C13H18BFO5S/c1-21(18,19)13-4-2-3-11(8-13)20-12-6-9(14(16)17)5-10(15)7-12/h5-7,11,13,16-17H,2-4,8H2,1H3. The van der Waals surface area contributed by atoms with Gasteiger partial charge in [0.05, 0.1) is 11.4 Å². The van der Waals surface area contributed by atoms with Crippen LogP contribution in [0.4, 0.5) is 4.39 Å². The maximum Gasteiger partial charge on any atom is 0.488 e. The smallest absolute Gasteiger partial charge is 0.488 e. The van der Waals surface area contributed by atoms with Crippen molar-refractivity contribution < 1.29 is 27.6 Å². The van der Waals surface area contributed by atoms with Crippen molar-refractivity contribution in [1.82, 2.24) is 0 Å². The second-order valence-corrected chi connectivity index (χ2v) is 7.78. The van der Waals surface area contributed by atoms with Crippen LogP contribution in [0.25, 0.3) is 0 Å². The van der Waals surface area contributed by atoms with Gasteiger partial charge < -0.3 is 14.8 Å². The molecule has 1 aromatic carbocycles. The summed E-state index contributed by atoms with van der Waals surface area (Å²) in [5.41, 5.74) is 0.000437. The van der Waals surface area contributed by atoms with Crippen LogP contribution in [0.3, 0.4) is 0 Å². The maximum atomic E-state index is 13.4. The van der Waals surface area contributed by atoms with E-state index < -0.39 is 28.0 Å². The van der Waals surface area contributed by atoms with Crippen molar-refractivity contribution in [2.45, 2.75) is 37.0 Å². The SMILES string of the molecule is CS(=O)(=O)C1CCCC(Oc2cc(F)cc(B(O)O)c2)C1. The van der Waals surface area contributed by atoms with Gasteiger partial charge in [-0.3, -0.25) is 0 Å². The Morgan fingerprint density at radius 3 is 2.62 bits per heavy atom. The third-order valence-electron chi connectivity index (χ3n) is 3.68. The van der Waals surface area contributed by atoms with Crippen LogP contribution < -0.4 is 10.2 Å². The molecule has 0 amide bonds. The second-order valence-electron chi connectivity index (χ2n) is 5.45. The molecule has 21 heavy (non-hydrogen) atoms. The topological polar surface area (TPSA) is 83.8 Å². The van der Waals surface area contributed by atoms with Gasteiger partial charge in [-0.05, 0) is 36.9 Å². The molecule has 1 fully saturated rings. The Kier molecular flexibility index (Phi) is 4.90. The van der Waals surface area contributed by atoms with Gasteiger partial charge >= 0.3 is 7.12 Å². The molecule has 0 radical (unpaired) electrons. The molecule has 0 spiro atoms. The van der Waals surface area contributed by atoms with Crippen LogP contribution >= 0.6 is 0 Å². The summed E-state index contributed by atoms with van der Waals surface area (Å²) >= 11 is 0. The average Bonchev–Trinajstić information content (AvgIpc) is 2.37. The van der Waals surface area contributed by atoms with Crippen molar-refractivity contribution >= 4 is 22.4 Å². The van der Waals surface area contributed by atoms with E-state index in [1.807, 2.05) is 0 Å². The number of hydrogen-bond acceptors (Lipinski definition) is 5. The molecule has 1 aliphatic rings.